The summed E-state index contributed by atoms with van der Waals surface area (Å²) in [5, 5.41) is 4.08. The molecule has 32 heavy (non-hydrogen) atoms. The Balaban J connectivity index is 0.00000259. The van der Waals surface area contributed by atoms with Crippen LogP contribution < -0.4 is 10.1 Å². The van der Waals surface area contributed by atoms with Crippen LogP contribution in [-0.4, -0.2) is 41.6 Å². The molecule has 2 fully saturated rings. The molecule has 174 valence electrons. The van der Waals surface area contributed by atoms with Crippen molar-refractivity contribution in [2.45, 2.75) is 82.3 Å². The Bertz CT molecular complexity index is 1000. The predicted octanol–water partition coefficient (Wildman–Crippen LogP) is 5.26. The number of rotatable bonds is 2. The molecule has 1 amide bonds. The summed E-state index contributed by atoms with van der Waals surface area (Å²) in [5.74, 6) is 0.910. The van der Waals surface area contributed by atoms with Crippen LogP contribution in [0.5, 0.6) is 5.75 Å². The molecule has 1 saturated heterocycles. The summed E-state index contributed by atoms with van der Waals surface area (Å²) in [4.78, 5) is 15.4. The van der Waals surface area contributed by atoms with Crippen molar-refractivity contribution in [3.8, 4) is 5.75 Å². The van der Waals surface area contributed by atoms with Crippen molar-refractivity contribution in [2.75, 3.05) is 20.2 Å². The van der Waals surface area contributed by atoms with E-state index >= 15 is 0 Å². The second-order valence-corrected chi connectivity index (χ2v) is 10.9. The van der Waals surface area contributed by atoms with Gasteiger partial charge in [0.1, 0.15) is 5.75 Å². The number of likely N-dealkylation sites (tertiary alicyclic amines) is 1. The highest BCUT2D eigenvalue weighted by molar-refractivity contribution is 5.95. The van der Waals surface area contributed by atoms with Crippen LogP contribution in [-0.2, 0) is 11.0 Å². The zero-order chi connectivity index (χ0) is 22.5. The van der Waals surface area contributed by atoms with Crippen molar-refractivity contribution in [2.24, 2.45) is 0 Å². The largest absolute Gasteiger partial charge is 0.496 e. The Morgan fingerprint density at radius 3 is 2.62 bits per heavy atom. The lowest BCUT2D eigenvalue weighted by Crippen LogP contribution is -2.61. The molecule has 1 aromatic carbocycles. The number of nitrogens with one attached hydrogen (secondary N) is 1. The lowest BCUT2D eigenvalue weighted by Gasteiger charge is -2.52. The number of carbonyl (C=O) groups excluding carboxylic acids is 1. The van der Waals surface area contributed by atoms with Crippen molar-refractivity contribution in [3.63, 3.8) is 0 Å². The second kappa shape index (κ2) is 7.95. The maximum absolute atomic E-state index is 13.4. The average Bonchev–Trinajstić information content (AvgIpc) is 3.30. The van der Waals surface area contributed by atoms with Crippen LogP contribution in [0.25, 0.3) is 0 Å². The molecule has 5 nitrogen and oxygen atoms in total. The number of piperidine rings is 1. The number of methoxy groups -OCH3 is 1. The summed E-state index contributed by atoms with van der Waals surface area (Å²) in [6, 6.07) is 11.6. The van der Waals surface area contributed by atoms with Gasteiger partial charge in [0.05, 0.1) is 12.6 Å². The van der Waals surface area contributed by atoms with Gasteiger partial charge in [-0.2, -0.15) is 0 Å². The summed E-state index contributed by atoms with van der Waals surface area (Å²) >= 11 is 0. The minimum atomic E-state index is -0.0248. The van der Waals surface area contributed by atoms with Gasteiger partial charge >= 0.3 is 0 Å². The van der Waals surface area contributed by atoms with E-state index in [0.29, 0.717) is 12.1 Å². The van der Waals surface area contributed by atoms with Gasteiger partial charge < -0.3 is 19.5 Å². The number of hydrogen-bond acceptors (Lipinski definition) is 3. The molecule has 3 heterocycles. The van der Waals surface area contributed by atoms with Crippen LogP contribution in [0.3, 0.4) is 0 Å². The zero-order valence-corrected chi connectivity index (χ0v) is 20.0. The lowest BCUT2D eigenvalue weighted by atomic mass is 9.77. The molecular weight excluding hydrogens is 398 g/mol. The highest BCUT2D eigenvalue weighted by Gasteiger charge is 2.46. The quantitative estimate of drug-likeness (QED) is 0.697. The minimum absolute atomic E-state index is 0. The van der Waals surface area contributed by atoms with E-state index in [2.05, 4.69) is 55.1 Å². The predicted molar refractivity (Wildman–Crippen MR) is 129 cm³/mol. The molecular formula is C27H39N3O2. The SMILES string of the molecule is COc1cc(C(=O)N2CCC3(CC2)NC2CCCCC2n2cccc23)ccc1C(C)(C)C.[HH]. The van der Waals surface area contributed by atoms with Crippen LogP contribution in [0, 0.1) is 0 Å². The number of carbonyl (C=O) groups is 1. The molecule has 1 saturated carbocycles. The Morgan fingerprint density at radius 1 is 1.16 bits per heavy atom. The van der Waals surface area contributed by atoms with Gasteiger partial charge in [0.2, 0.25) is 0 Å². The topological polar surface area (TPSA) is 46.5 Å². The Morgan fingerprint density at radius 2 is 1.91 bits per heavy atom. The fourth-order valence-corrected chi connectivity index (χ4v) is 6.25. The third kappa shape index (κ3) is 3.55. The summed E-state index contributed by atoms with van der Waals surface area (Å²) in [5.41, 5.74) is 3.24. The van der Waals surface area contributed by atoms with E-state index in [9.17, 15) is 4.79 Å². The molecule has 3 aliphatic rings. The first-order valence-corrected chi connectivity index (χ1v) is 12.3. The number of benzene rings is 1. The molecule has 2 aromatic rings. The smallest absolute Gasteiger partial charge is 0.253 e. The fourth-order valence-electron chi connectivity index (χ4n) is 6.25. The van der Waals surface area contributed by atoms with E-state index in [1.54, 1.807) is 7.11 Å². The normalized spacial score (nSPS) is 24.7. The van der Waals surface area contributed by atoms with Crippen molar-refractivity contribution < 1.29 is 11.0 Å². The van der Waals surface area contributed by atoms with Crippen LogP contribution >= 0.6 is 0 Å². The summed E-state index contributed by atoms with van der Waals surface area (Å²) in [6.07, 6.45) is 9.37. The molecule has 2 aliphatic heterocycles. The molecule has 1 aliphatic carbocycles. The number of hydrogen-bond donors (Lipinski definition) is 1. The lowest BCUT2D eigenvalue weighted by molar-refractivity contribution is 0.0512. The third-order valence-corrected chi connectivity index (χ3v) is 7.98. The number of fused-ring (bicyclic) bond motifs is 4. The van der Waals surface area contributed by atoms with E-state index < -0.39 is 0 Å². The highest BCUT2D eigenvalue weighted by atomic mass is 16.5. The average molecular weight is 438 g/mol. The molecule has 0 radical (unpaired) electrons. The number of nitrogens with zero attached hydrogens (tertiary/aromatic N) is 2. The summed E-state index contributed by atoms with van der Waals surface area (Å²) < 4.78 is 8.19. The van der Waals surface area contributed by atoms with Gasteiger partial charge in [-0.1, -0.05) is 39.7 Å². The Hall–Kier alpha value is -2.27. The molecule has 1 N–H and O–H groups in total. The molecule has 1 spiro atoms. The van der Waals surface area contributed by atoms with E-state index in [4.69, 9.17) is 4.74 Å². The van der Waals surface area contributed by atoms with Crippen LogP contribution in [0.2, 0.25) is 0 Å². The van der Waals surface area contributed by atoms with Crippen LogP contribution in [0.4, 0.5) is 0 Å². The van der Waals surface area contributed by atoms with Crippen molar-refractivity contribution in [3.05, 3.63) is 53.3 Å². The zero-order valence-electron chi connectivity index (χ0n) is 20.0. The Labute approximate surface area is 193 Å². The molecule has 5 rings (SSSR count). The van der Waals surface area contributed by atoms with Gasteiger partial charge in [-0.05, 0) is 60.9 Å². The van der Waals surface area contributed by atoms with Crippen molar-refractivity contribution in [1.82, 2.24) is 14.8 Å². The van der Waals surface area contributed by atoms with Gasteiger partial charge in [-0.15, -0.1) is 0 Å². The van der Waals surface area contributed by atoms with Gasteiger partial charge in [-0.3, -0.25) is 4.79 Å². The van der Waals surface area contributed by atoms with Gasteiger partial charge in [-0.25, -0.2) is 0 Å². The first-order chi connectivity index (χ1) is 15.3. The van der Waals surface area contributed by atoms with E-state index in [0.717, 1.165) is 42.8 Å². The molecule has 1 aromatic heterocycles. The maximum Gasteiger partial charge on any atom is 0.253 e. The molecule has 2 atom stereocenters. The van der Waals surface area contributed by atoms with Crippen LogP contribution in [0.1, 0.15) is 88.4 Å². The van der Waals surface area contributed by atoms with E-state index in [-0.39, 0.29) is 18.3 Å². The molecule has 0 bridgehead atoms. The number of ether oxygens (including phenoxy) is 1. The van der Waals surface area contributed by atoms with Gasteiger partial charge in [0, 0.05) is 44.1 Å². The summed E-state index contributed by atoms with van der Waals surface area (Å²) in [7, 11) is 1.69. The van der Waals surface area contributed by atoms with Crippen molar-refractivity contribution in [1.29, 1.82) is 0 Å². The third-order valence-electron chi connectivity index (χ3n) is 7.98. The fraction of sp³-hybridized carbons (Fsp3) is 0.593. The molecule has 5 heteroatoms. The number of amides is 1. The summed E-state index contributed by atoms with van der Waals surface area (Å²) in [6.45, 7) is 8.05. The second-order valence-electron chi connectivity index (χ2n) is 10.9. The number of aromatic nitrogens is 1. The monoisotopic (exact) mass is 437 g/mol. The first kappa shape index (κ1) is 21.6. The maximum atomic E-state index is 13.4. The molecule has 2 unspecified atom stereocenters. The Kier molecular flexibility index (Phi) is 5.36. The van der Waals surface area contributed by atoms with Gasteiger partial charge in [0.25, 0.3) is 5.91 Å². The minimum Gasteiger partial charge on any atom is -0.496 e. The van der Waals surface area contributed by atoms with E-state index in [1.807, 2.05) is 17.0 Å². The standard InChI is InChI=1S/C27H37N3O2.H2/c1-26(2,3)20-12-11-19(18-23(20)32-4)25(31)29-16-13-27(14-17-29)24-10-7-15-30(24)22-9-6-5-8-21(22)28-27;/h7,10-12,15,18,21-22,28H,5-6,8-9,13-14,16-17H2,1-4H3;1H. The van der Waals surface area contributed by atoms with E-state index in [1.165, 1.54) is 31.4 Å². The van der Waals surface area contributed by atoms with Crippen molar-refractivity contribution >= 4 is 5.91 Å². The first-order valence-electron chi connectivity index (χ1n) is 12.3. The highest BCUT2D eigenvalue weighted by Crippen LogP contribution is 2.44. The van der Waals surface area contributed by atoms with Crippen LogP contribution in [0.15, 0.2) is 36.5 Å². The van der Waals surface area contributed by atoms with Gasteiger partial charge in [0.15, 0.2) is 0 Å².